The average molecular weight is 246 g/mol. The highest BCUT2D eigenvalue weighted by atomic mass is 16.5. The maximum absolute atomic E-state index is 10.1. The molecule has 98 valence electrons. The summed E-state index contributed by atoms with van der Waals surface area (Å²) in [7, 11) is 0. The lowest BCUT2D eigenvalue weighted by Crippen LogP contribution is -1.95. The van der Waals surface area contributed by atoms with Crippen LogP contribution in [0.2, 0.25) is 0 Å². The Labute approximate surface area is 110 Å². The summed E-state index contributed by atoms with van der Waals surface area (Å²) >= 11 is 0. The fourth-order valence-corrected chi connectivity index (χ4v) is 1.87. The molecule has 0 N–H and O–H groups in total. The molecular formula is C16H22O2. The van der Waals surface area contributed by atoms with Crippen LogP contribution in [0.25, 0.3) is 0 Å². The van der Waals surface area contributed by atoms with Crippen molar-refractivity contribution in [2.24, 2.45) is 0 Å². The summed E-state index contributed by atoms with van der Waals surface area (Å²) < 4.78 is 4.70. The molecule has 0 aliphatic rings. The second-order valence-corrected chi connectivity index (χ2v) is 4.85. The summed E-state index contributed by atoms with van der Waals surface area (Å²) in [4.78, 5) is 10.1. The summed E-state index contributed by atoms with van der Waals surface area (Å²) in [5, 5.41) is 0. The molecule has 0 bridgehead atoms. The number of carbonyl (C=O) groups excluding carboxylic acids is 1. The highest BCUT2D eigenvalue weighted by Crippen LogP contribution is 2.21. The predicted molar refractivity (Wildman–Crippen MR) is 74.6 cm³/mol. The van der Waals surface area contributed by atoms with E-state index in [0.717, 1.165) is 18.4 Å². The molecule has 0 aromatic heterocycles. The lowest BCUT2D eigenvalue weighted by atomic mass is 9.95. The van der Waals surface area contributed by atoms with Crippen LogP contribution in [0.4, 0.5) is 0 Å². The predicted octanol–water partition coefficient (Wildman–Crippen LogP) is 4.00. The van der Waals surface area contributed by atoms with E-state index < -0.39 is 0 Å². The molecule has 0 aliphatic heterocycles. The van der Waals surface area contributed by atoms with Gasteiger partial charge >= 0.3 is 0 Å². The molecule has 1 aromatic rings. The van der Waals surface area contributed by atoms with Gasteiger partial charge in [-0.2, -0.15) is 0 Å². The molecule has 1 aromatic carbocycles. The third-order valence-electron chi connectivity index (χ3n) is 3.12. The third kappa shape index (κ3) is 5.17. The molecule has 0 aliphatic carbocycles. The van der Waals surface area contributed by atoms with Gasteiger partial charge in [-0.3, -0.25) is 4.79 Å². The van der Waals surface area contributed by atoms with Crippen molar-refractivity contribution < 1.29 is 9.53 Å². The van der Waals surface area contributed by atoms with E-state index in [-0.39, 0.29) is 0 Å². The fraction of sp³-hybridized carbons (Fsp3) is 0.438. The van der Waals surface area contributed by atoms with Crippen molar-refractivity contribution in [3.63, 3.8) is 0 Å². The number of hydrogen-bond acceptors (Lipinski definition) is 2. The van der Waals surface area contributed by atoms with Crippen molar-refractivity contribution in [3.8, 4) is 0 Å². The number of hydrogen-bond donors (Lipinski definition) is 0. The van der Waals surface area contributed by atoms with E-state index in [0.29, 0.717) is 19.0 Å². The van der Waals surface area contributed by atoms with Crippen LogP contribution in [-0.4, -0.2) is 13.1 Å². The zero-order chi connectivity index (χ0) is 13.4. The number of aryl methyl sites for hydroxylation is 1. The van der Waals surface area contributed by atoms with Gasteiger partial charge in [0.15, 0.2) is 0 Å². The lowest BCUT2D eigenvalue weighted by molar-refractivity contribution is -0.127. The second-order valence-electron chi connectivity index (χ2n) is 4.85. The van der Waals surface area contributed by atoms with Crippen molar-refractivity contribution in [1.82, 2.24) is 0 Å². The molecule has 0 saturated carbocycles. The molecular weight excluding hydrogens is 224 g/mol. The Morgan fingerprint density at radius 1 is 1.33 bits per heavy atom. The topological polar surface area (TPSA) is 26.3 Å². The minimum atomic E-state index is 0.405. The molecule has 18 heavy (non-hydrogen) atoms. The summed E-state index contributed by atoms with van der Waals surface area (Å²) in [6, 6.07) is 8.72. The summed E-state index contributed by atoms with van der Waals surface area (Å²) in [6.45, 7) is 7.23. The van der Waals surface area contributed by atoms with Gasteiger partial charge in [0.25, 0.3) is 6.47 Å². The average Bonchev–Trinajstić information content (AvgIpc) is 2.37. The quantitative estimate of drug-likeness (QED) is 0.537. The van der Waals surface area contributed by atoms with Crippen LogP contribution in [-0.2, 0) is 9.53 Å². The molecule has 1 unspecified atom stereocenters. The van der Waals surface area contributed by atoms with Crippen LogP contribution in [0.15, 0.2) is 35.9 Å². The van der Waals surface area contributed by atoms with Gasteiger partial charge in [0.05, 0.1) is 0 Å². The van der Waals surface area contributed by atoms with Crippen LogP contribution in [0.1, 0.15) is 43.7 Å². The van der Waals surface area contributed by atoms with E-state index in [2.05, 4.69) is 44.2 Å². The first kappa shape index (κ1) is 14.5. The van der Waals surface area contributed by atoms with Crippen LogP contribution in [0.5, 0.6) is 0 Å². The standard InChI is InChI=1S/C16H22O2/c1-13-7-9-16(10-8-13)15(3)6-4-5-14(2)11-18-12-17/h5,7-10,12,15H,4,6,11H2,1-3H3/b14-5+. The molecule has 2 nitrogen and oxygen atoms in total. The van der Waals surface area contributed by atoms with Crippen molar-refractivity contribution in [2.75, 3.05) is 6.61 Å². The minimum absolute atomic E-state index is 0.405. The first-order valence-electron chi connectivity index (χ1n) is 6.41. The van der Waals surface area contributed by atoms with Crippen LogP contribution in [0.3, 0.4) is 0 Å². The van der Waals surface area contributed by atoms with Crippen LogP contribution in [0, 0.1) is 6.92 Å². The van der Waals surface area contributed by atoms with Gasteiger partial charge in [-0.05, 0) is 43.7 Å². The summed E-state index contributed by atoms with van der Waals surface area (Å²) in [5.74, 6) is 0.557. The van der Waals surface area contributed by atoms with E-state index in [9.17, 15) is 4.79 Å². The maximum Gasteiger partial charge on any atom is 0.293 e. The SMILES string of the molecule is C/C(=C\CCC(C)c1ccc(C)cc1)COC=O. The van der Waals surface area contributed by atoms with Crippen molar-refractivity contribution in [1.29, 1.82) is 0 Å². The maximum atomic E-state index is 10.1. The highest BCUT2D eigenvalue weighted by molar-refractivity contribution is 5.37. The Hall–Kier alpha value is -1.57. The molecule has 1 atom stereocenters. The Morgan fingerprint density at radius 2 is 2.00 bits per heavy atom. The lowest BCUT2D eigenvalue weighted by Gasteiger charge is -2.11. The monoisotopic (exact) mass is 246 g/mol. The van der Waals surface area contributed by atoms with Crippen molar-refractivity contribution in [2.45, 2.75) is 39.5 Å². The number of allylic oxidation sites excluding steroid dienone is 1. The molecule has 1 rings (SSSR count). The number of carbonyl (C=O) groups is 1. The van der Waals surface area contributed by atoms with E-state index in [4.69, 9.17) is 4.74 Å². The molecule has 0 fully saturated rings. The molecule has 0 radical (unpaired) electrons. The van der Waals surface area contributed by atoms with Gasteiger partial charge in [-0.25, -0.2) is 0 Å². The Balaban J connectivity index is 2.39. The normalized spacial score (nSPS) is 13.2. The number of rotatable bonds is 7. The van der Waals surface area contributed by atoms with Gasteiger partial charge in [-0.1, -0.05) is 42.8 Å². The van der Waals surface area contributed by atoms with Gasteiger partial charge in [0.1, 0.15) is 6.61 Å². The zero-order valence-electron chi connectivity index (χ0n) is 11.5. The van der Waals surface area contributed by atoms with Crippen LogP contribution >= 0.6 is 0 Å². The van der Waals surface area contributed by atoms with E-state index in [1.165, 1.54) is 11.1 Å². The Kier molecular flexibility index (Phi) is 6.20. The largest absolute Gasteiger partial charge is 0.463 e. The van der Waals surface area contributed by atoms with Crippen LogP contribution < -0.4 is 0 Å². The minimum Gasteiger partial charge on any atom is -0.463 e. The van der Waals surface area contributed by atoms with E-state index >= 15 is 0 Å². The van der Waals surface area contributed by atoms with E-state index in [1.807, 2.05) is 6.92 Å². The van der Waals surface area contributed by atoms with Gasteiger partial charge in [0, 0.05) is 0 Å². The molecule has 0 saturated heterocycles. The summed E-state index contributed by atoms with van der Waals surface area (Å²) in [5.41, 5.74) is 3.79. The molecule has 0 heterocycles. The second kappa shape index (κ2) is 7.70. The molecule has 0 amide bonds. The first-order chi connectivity index (χ1) is 8.63. The summed E-state index contributed by atoms with van der Waals surface area (Å²) in [6.07, 6.45) is 4.28. The Bertz CT molecular complexity index is 390. The highest BCUT2D eigenvalue weighted by Gasteiger charge is 2.03. The van der Waals surface area contributed by atoms with Crippen molar-refractivity contribution >= 4 is 6.47 Å². The van der Waals surface area contributed by atoms with Crippen molar-refractivity contribution in [3.05, 3.63) is 47.0 Å². The van der Waals surface area contributed by atoms with Gasteiger partial charge in [-0.15, -0.1) is 0 Å². The molecule has 0 spiro atoms. The Morgan fingerprint density at radius 3 is 2.61 bits per heavy atom. The fourth-order valence-electron chi connectivity index (χ4n) is 1.87. The van der Waals surface area contributed by atoms with Gasteiger partial charge < -0.3 is 4.74 Å². The number of ether oxygens (including phenoxy) is 1. The smallest absolute Gasteiger partial charge is 0.293 e. The number of benzene rings is 1. The van der Waals surface area contributed by atoms with Gasteiger partial charge in [0.2, 0.25) is 0 Å². The van der Waals surface area contributed by atoms with E-state index in [1.54, 1.807) is 0 Å². The first-order valence-corrected chi connectivity index (χ1v) is 6.41. The zero-order valence-corrected chi connectivity index (χ0v) is 11.5. The third-order valence-corrected chi connectivity index (χ3v) is 3.12. The molecule has 2 heteroatoms.